The van der Waals surface area contributed by atoms with Crippen molar-refractivity contribution in [3.05, 3.63) is 70.2 Å². The Bertz CT molecular complexity index is 766. The molecule has 2 heterocycles. The van der Waals surface area contributed by atoms with Gasteiger partial charge in [0.15, 0.2) is 0 Å². The summed E-state index contributed by atoms with van der Waals surface area (Å²) < 4.78 is 0. The molecule has 1 saturated heterocycles. The minimum Gasteiger partial charge on any atom is -0.346 e. The summed E-state index contributed by atoms with van der Waals surface area (Å²) in [5, 5.41) is 4.08. The maximum atomic E-state index is 12.2. The number of fused-ring (bicyclic) bond motifs is 2. The highest BCUT2D eigenvalue weighted by Gasteiger charge is 2.41. The molecule has 1 fully saturated rings. The van der Waals surface area contributed by atoms with Crippen LogP contribution >= 0.6 is 11.6 Å². The number of nitrogens with zero attached hydrogens (tertiary/aromatic N) is 1. The Labute approximate surface area is 147 Å². The summed E-state index contributed by atoms with van der Waals surface area (Å²) in [4.78, 5) is 14.6. The molecule has 4 rings (SSSR count). The normalized spacial score (nSPS) is 19.8. The lowest BCUT2D eigenvalue weighted by atomic mass is 9.75. The molecule has 0 atom stereocenters. The molecule has 3 nitrogen and oxygen atoms in total. The number of nitrogens with one attached hydrogen (secondary N) is 1. The fraction of sp³-hybridized carbons (Fsp3) is 0.350. The number of hydrogen-bond acceptors (Lipinski definition) is 2. The predicted molar refractivity (Wildman–Crippen MR) is 95.9 cm³/mol. The first-order chi connectivity index (χ1) is 11.6. The van der Waals surface area contributed by atoms with E-state index in [0.29, 0.717) is 6.42 Å². The number of carbonyl (C=O) groups is 1. The van der Waals surface area contributed by atoms with E-state index >= 15 is 0 Å². The Hall–Kier alpha value is -1.84. The Morgan fingerprint density at radius 2 is 1.88 bits per heavy atom. The van der Waals surface area contributed by atoms with Crippen LogP contribution in [0.2, 0.25) is 5.02 Å². The van der Waals surface area contributed by atoms with E-state index < -0.39 is 0 Å². The molecule has 1 N–H and O–H groups in total. The van der Waals surface area contributed by atoms with E-state index in [1.165, 1.54) is 16.7 Å². The first-order valence-corrected chi connectivity index (χ1v) is 8.89. The van der Waals surface area contributed by atoms with Crippen molar-refractivity contribution in [1.29, 1.82) is 0 Å². The summed E-state index contributed by atoms with van der Waals surface area (Å²) in [7, 11) is 0. The van der Waals surface area contributed by atoms with Gasteiger partial charge in [-0.1, -0.05) is 48.0 Å². The smallest absolute Gasteiger partial charge is 0.225 e. The first kappa shape index (κ1) is 15.7. The molecule has 0 radical (unpaired) electrons. The molecule has 2 aliphatic heterocycles. The van der Waals surface area contributed by atoms with Crippen LogP contribution in [0.3, 0.4) is 0 Å². The molecule has 2 aromatic carbocycles. The SMILES string of the molecule is O=C1Cc2ccccc2C2(CCN(Cc3cccc(Cl)c3)CC2)N1. The van der Waals surface area contributed by atoms with Crippen molar-refractivity contribution >= 4 is 17.5 Å². The van der Waals surface area contributed by atoms with Gasteiger partial charge in [-0.25, -0.2) is 0 Å². The average molecular weight is 341 g/mol. The lowest BCUT2D eigenvalue weighted by Gasteiger charge is -2.45. The van der Waals surface area contributed by atoms with Crippen molar-refractivity contribution in [3.63, 3.8) is 0 Å². The number of amides is 1. The molecule has 2 aromatic rings. The van der Waals surface area contributed by atoms with Gasteiger partial charge in [-0.2, -0.15) is 0 Å². The second-order valence-corrected chi connectivity index (χ2v) is 7.31. The molecule has 24 heavy (non-hydrogen) atoms. The van der Waals surface area contributed by atoms with Gasteiger partial charge in [-0.05, 0) is 41.7 Å². The summed E-state index contributed by atoms with van der Waals surface area (Å²) in [6.07, 6.45) is 2.41. The standard InChI is InChI=1S/C20H21ClN2O/c21-17-6-3-4-15(12-17)14-23-10-8-20(9-11-23)18-7-2-1-5-16(18)13-19(24)22-20/h1-7,12H,8-11,13-14H2,(H,22,24). The minimum absolute atomic E-state index is 0.150. The van der Waals surface area contributed by atoms with Crippen LogP contribution in [0.25, 0.3) is 0 Å². The molecule has 0 aliphatic carbocycles. The number of rotatable bonds is 2. The molecule has 0 aromatic heterocycles. The van der Waals surface area contributed by atoms with E-state index in [1.807, 2.05) is 24.3 Å². The molecule has 0 saturated carbocycles. The maximum Gasteiger partial charge on any atom is 0.225 e. The van der Waals surface area contributed by atoms with Gasteiger partial charge >= 0.3 is 0 Å². The van der Waals surface area contributed by atoms with Crippen LogP contribution < -0.4 is 5.32 Å². The molecule has 1 spiro atoms. The van der Waals surface area contributed by atoms with Gasteiger partial charge in [0.05, 0.1) is 12.0 Å². The zero-order valence-electron chi connectivity index (χ0n) is 13.6. The Morgan fingerprint density at radius 3 is 2.67 bits per heavy atom. The van der Waals surface area contributed by atoms with E-state index in [4.69, 9.17) is 11.6 Å². The molecule has 4 heteroatoms. The largest absolute Gasteiger partial charge is 0.346 e. The van der Waals surface area contributed by atoms with E-state index in [-0.39, 0.29) is 11.4 Å². The molecule has 2 aliphatic rings. The van der Waals surface area contributed by atoms with E-state index in [0.717, 1.165) is 37.5 Å². The van der Waals surface area contributed by atoms with Crippen LogP contribution in [-0.4, -0.2) is 23.9 Å². The quantitative estimate of drug-likeness (QED) is 0.907. The molecule has 0 bridgehead atoms. The predicted octanol–water partition coefficient (Wildman–Crippen LogP) is 3.50. The van der Waals surface area contributed by atoms with Crippen molar-refractivity contribution in [2.75, 3.05) is 13.1 Å². The van der Waals surface area contributed by atoms with E-state index in [9.17, 15) is 4.79 Å². The van der Waals surface area contributed by atoms with Crippen LogP contribution in [0.1, 0.15) is 29.5 Å². The summed E-state index contributed by atoms with van der Waals surface area (Å²) >= 11 is 6.09. The van der Waals surface area contributed by atoms with Crippen LogP contribution in [0, 0.1) is 0 Å². The van der Waals surface area contributed by atoms with Crippen LogP contribution in [0.4, 0.5) is 0 Å². The number of piperidine rings is 1. The van der Waals surface area contributed by atoms with Gasteiger partial charge in [0.1, 0.15) is 0 Å². The number of likely N-dealkylation sites (tertiary alicyclic amines) is 1. The molecular formula is C20H21ClN2O. The van der Waals surface area contributed by atoms with Crippen molar-refractivity contribution in [2.45, 2.75) is 31.3 Å². The summed E-state index contributed by atoms with van der Waals surface area (Å²) in [6.45, 7) is 2.86. The zero-order valence-corrected chi connectivity index (χ0v) is 14.4. The van der Waals surface area contributed by atoms with E-state index in [2.05, 4.69) is 34.5 Å². The van der Waals surface area contributed by atoms with Gasteiger partial charge in [-0.3, -0.25) is 9.69 Å². The first-order valence-electron chi connectivity index (χ1n) is 8.51. The Balaban J connectivity index is 1.51. The third-order valence-corrected chi connectivity index (χ3v) is 5.50. The van der Waals surface area contributed by atoms with E-state index in [1.54, 1.807) is 0 Å². The summed E-state index contributed by atoms with van der Waals surface area (Å²) in [6, 6.07) is 16.4. The Morgan fingerprint density at radius 1 is 1.08 bits per heavy atom. The van der Waals surface area contributed by atoms with Crippen molar-refractivity contribution in [3.8, 4) is 0 Å². The second kappa shape index (κ2) is 6.23. The highest BCUT2D eigenvalue weighted by atomic mass is 35.5. The summed E-state index contributed by atoms with van der Waals surface area (Å²) in [5.41, 5.74) is 3.56. The molecule has 124 valence electrons. The second-order valence-electron chi connectivity index (χ2n) is 6.87. The summed E-state index contributed by atoms with van der Waals surface area (Å²) in [5.74, 6) is 0.150. The van der Waals surface area contributed by atoms with Crippen molar-refractivity contribution < 1.29 is 4.79 Å². The lowest BCUT2D eigenvalue weighted by molar-refractivity contribution is -0.124. The third kappa shape index (κ3) is 2.94. The van der Waals surface area contributed by atoms with Gasteiger partial charge in [0.2, 0.25) is 5.91 Å². The van der Waals surface area contributed by atoms with Crippen LogP contribution in [-0.2, 0) is 23.3 Å². The van der Waals surface area contributed by atoms with Gasteiger partial charge in [-0.15, -0.1) is 0 Å². The van der Waals surface area contributed by atoms with Crippen LogP contribution in [0.5, 0.6) is 0 Å². The zero-order chi connectivity index (χ0) is 16.6. The number of carbonyl (C=O) groups excluding carboxylic acids is 1. The van der Waals surface area contributed by atoms with Crippen molar-refractivity contribution in [2.24, 2.45) is 0 Å². The fourth-order valence-electron chi connectivity index (χ4n) is 4.07. The monoisotopic (exact) mass is 340 g/mol. The average Bonchev–Trinajstić information content (AvgIpc) is 2.57. The number of halogens is 1. The van der Waals surface area contributed by atoms with Crippen molar-refractivity contribution in [1.82, 2.24) is 10.2 Å². The van der Waals surface area contributed by atoms with Gasteiger partial charge in [0.25, 0.3) is 0 Å². The third-order valence-electron chi connectivity index (χ3n) is 5.27. The highest BCUT2D eigenvalue weighted by molar-refractivity contribution is 6.30. The number of hydrogen-bond donors (Lipinski definition) is 1. The van der Waals surface area contributed by atoms with Gasteiger partial charge < -0.3 is 5.32 Å². The topological polar surface area (TPSA) is 32.3 Å². The lowest BCUT2D eigenvalue weighted by Crippen LogP contribution is -2.56. The molecule has 0 unspecified atom stereocenters. The maximum absolute atomic E-state index is 12.2. The van der Waals surface area contributed by atoms with Crippen LogP contribution in [0.15, 0.2) is 48.5 Å². The minimum atomic E-state index is -0.184. The molecule has 1 amide bonds. The fourth-order valence-corrected chi connectivity index (χ4v) is 4.29. The molecular weight excluding hydrogens is 320 g/mol. The highest BCUT2D eigenvalue weighted by Crippen LogP contribution is 2.38. The van der Waals surface area contributed by atoms with Gasteiger partial charge in [0, 0.05) is 24.7 Å². The Kier molecular flexibility index (Phi) is 4.07. The number of benzene rings is 2.